The van der Waals surface area contributed by atoms with E-state index in [0.29, 0.717) is 30.3 Å². The Kier molecular flexibility index (Phi) is 11.7. The molecule has 5 heteroatoms. The van der Waals surface area contributed by atoms with E-state index < -0.39 is 5.97 Å². The molecule has 0 N–H and O–H groups in total. The fourth-order valence-electron chi connectivity index (χ4n) is 3.63. The van der Waals surface area contributed by atoms with Gasteiger partial charge in [-0.1, -0.05) is 43.9 Å². The van der Waals surface area contributed by atoms with Crippen molar-refractivity contribution in [2.45, 2.75) is 45.4 Å². The Hall–Kier alpha value is -4.30. The van der Waals surface area contributed by atoms with Gasteiger partial charge in [-0.25, -0.2) is 9.59 Å². The molecule has 3 aromatic rings. The highest BCUT2D eigenvalue weighted by Crippen LogP contribution is 2.17. The zero-order chi connectivity index (χ0) is 27.0. The van der Waals surface area contributed by atoms with Crippen LogP contribution in [0.3, 0.4) is 0 Å². The van der Waals surface area contributed by atoms with Crippen molar-refractivity contribution >= 4 is 11.9 Å². The van der Waals surface area contributed by atoms with Crippen molar-refractivity contribution in [2.24, 2.45) is 0 Å². The number of carbonyl (C=O) groups excluding carboxylic acids is 2. The summed E-state index contributed by atoms with van der Waals surface area (Å²) in [6.07, 6.45) is 7.02. The molecule has 0 fully saturated rings. The summed E-state index contributed by atoms with van der Waals surface area (Å²) in [6, 6.07) is 22.4. The van der Waals surface area contributed by atoms with Crippen molar-refractivity contribution in [3.63, 3.8) is 0 Å². The van der Waals surface area contributed by atoms with E-state index in [1.807, 2.05) is 24.3 Å². The monoisotopic (exact) mass is 510 g/mol. The van der Waals surface area contributed by atoms with E-state index in [9.17, 15) is 9.59 Å². The van der Waals surface area contributed by atoms with Gasteiger partial charge in [0, 0.05) is 17.2 Å². The number of unbranched alkanes of at least 4 members (excludes halogenated alkanes) is 3. The fourth-order valence-corrected chi connectivity index (χ4v) is 3.63. The topological polar surface area (TPSA) is 61.8 Å². The van der Waals surface area contributed by atoms with Crippen LogP contribution in [0.1, 0.15) is 66.1 Å². The lowest BCUT2D eigenvalue weighted by Gasteiger charge is -2.08. The van der Waals surface area contributed by atoms with Crippen LogP contribution < -0.4 is 9.47 Å². The van der Waals surface area contributed by atoms with Crippen LogP contribution in [0.25, 0.3) is 0 Å². The Morgan fingerprint density at radius 2 is 1.34 bits per heavy atom. The second-order valence-corrected chi connectivity index (χ2v) is 8.77. The summed E-state index contributed by atoms with van der Waals surface area (Å²) in [5.74, 6) is 6.66. The molecule has 0 heterocycles. The molecular weight excluding hydrogens is 476 g/mol. The Bertz CT molecular complexity index is 1230. The first-order valence-electron chi connectivity index (χ1n) is 13.0. The predicted molar refractivity (Wildman–Crippen MR) is 149 cm³/mol. The van der Waals surface area contributed by atoms with Crippen LogP contribution in [0.15, 0.2) is 85.5 Å². The van der Waals surface area contributed by atoms with Gasteiger partial charge in [-0.3, -0.25) is 0 Å². The highest BCUT2D eigenvalue weighted by molar-refractivity contribution is 5.91. The Morgan fingerprint density at radius 1 is 0.763 bits per heavy atom. The van der Waals surface area contributed by atoms with E-state index >= 15 is 0 Å². The molecule has 0 aliphatic carbocycles. The van der Waals surface area contributed by atoms with E-state index in [4.69, 9.17) is 14.2 Å². The number of hydrogen-bond donors (Lipinski definition) is 0. The van der Waals surface area contributed by atoms with E-state index in [0.717, 1.165) is 49.7 Å². The molecule has 0 aliphatic heterocycles. The summed E-state index contributed by atoms with van der Waals surface area (Å²) in [6.45, 7) is 6.52. The van der Waals surface area contributed by atoms with Crippen molar-refractivity contribution in [2.75, 3.05) is 13.2 Å². The minimum atomic E-state index is -0.431. The Morgan fingerprint density at radius 3 is 1.95 bits per heavy atom. The number of esters is 2. The van der Waals surface area contributed by atoms with Crippen LogP contribution in [0.2, 0.25) is 0 Å². The molecule has 3 rings (SSSR count). The zero-order valence-corrected chi connectivity index (χ0v) is 21.9. The van der Waals surface area contributed by atoms with Crippen LogP contribution >= 0.6 is 0 Å². The molecule has 3 aromatic carbocycles. The van der Waals surface area contributed by atoms with Gasteiger partial charge in [-0.15, -0.1) is 0 Å². The number of hydrogen-bond acceptors (Lipinski definition) is 5. The Balaban J connectivity index is 1.39. The molecule has 0 aromatic heterocycles. The van der Waals surface area contributed by atoms with Gasteiger partial charge >= 0.3 is 11.9 Å². The van der Waals surface area contributed by atoms with Crippen molar-refractivity contribution in [3.8, 4) is 23.3 Å². The molecule has 38 heavy (non-hydrogen) atoms. The van der Waals surface area contributed by atoms with Crippen molar-refractivity contribution in [3.05, 3.63) is 108 Å². The quantitative estimate of drug-likeness (QED) is 0.0821. The normalized spacial score (nSPS) is 10.1. The standard InChI is InChI=1S/C33H34O5/c1-3-9-26-10-12-27(13-11-26)14-15-28-16-20-31(21-17-28)38-33(35)29-18-22-30(23-19-29)36-24-7-5-6-8-25-37-32(34)4-2/h4,10-13,16-23H,2-3,5-9,24-25H2,1H3. The fraction of sp³-hybridized carbons (Fsp3) is 0.273. The molecule has 0 unspecified atom stereocenters. The maximum Gasteiger partial charge on any atom is 0.343 e. The first kappa shape index (κ1) is 28.3. The molecule has 196 valence electrons. The molecule has 0 saturated heterocycles. The van der Waals surface area contributed by atoms with Gasteiger partial charge < -0.3 is 14.2 Å². The first-order chi connectivity index (χ1) is 18.6. The van der Waals surface area contributed by atoms with E-state index in [2.05, 4.69) is 37.5 Å². The summed E-state index contributed by atoms with van der Waals surface area (Å²) in [5.41, 5.74) is 3.58. The third kappa shape index (κ3) is 9.99. The number of benzene rings is 3. The predicted octanol–water partition coefficient (Wildman–Crippen LogP) is 6.93. The van der Waals surface area contributed by atoms with Gasteiger partial charge in [0.25, 0.3) is 0 Å². The van der Waals surface area contributed by atoms with Gasteiger partial charge in [0.15, 0.2) is 0 Å². The highest BCUT2D eigenvalue weighted by Gasteiger charge is 2.09. The molecule has 0 aliphatic rings. The Labute approximate surface area is 225 Å². The molecule has 0 bridgehead atoms. The third-order valence-electron chi connectivity index (χ3n) is 5.72. The van der Waals surface area contributed by atoms with Gasteiger partial charge in [0.05, 0.1) is 18.8 Å². The minimum Gasteiger partial charge on any atom is -0.494 e. The van der Waals surface area contributed by atoms with E-state index in [-0.39, 0.29) is 5.97 Å². The van der Waals surface area contributed by atoms with E-state index in [1.165, 1.54) is 11.6 Å². The second-order valence-electron chi connectivity index (χ2n) is 8.77. The van der Waals surface area contributed by atoms with Crippen LogP contribution in [0.5, 0.6) is 11.5 Å². The molecule has 5 nitrogen and oxygen atoms in total. The van der Waals surface area contributed by atoms with Gasteiger partial charge in [0.1, 0.15) is 11.5 Å². The lowest BCUT2D eigenvalue weighted by atomic mass is 10.1. The third-order valence-corrected chi connectivity index (χ3v) is 5.72. The molecule has 0 spiro atoms. The summed E-state index contributed by atoms with van der Waals surface area (Å²) in [5, 5.41) is 0. The minimum absolute atomic E-state index is 0.386. The van der Waals surface area contributed by atoms with Gasteiger partial charge in [0.2, 0.25) is 0 Å². The maximum absolute atomic E-state index is 12.5. The summed E-state index contributed by atoms with van der Waals surface area (Å²) >= 11 is 0. The summed E-state index contributed by atoms with van der Waals surface area (Å²) in [7, 11) is 0. The van der Waals surface area contributed by atoms with Gasteiger partial charge in [-0.05, 0) is 98.3 Å². The number of carbonyl (C=O) groups is 2. The molecular formula is C33H34O5. The maximum atomic E-state index is 12.5. The zero-order valence-electron chi connectivity index (χ0n) is 21.9. The molecule has 0 radical (unpaired) electrons. The van der Waals surface area contributed by atoms with Crippen LogP contribution in [0, 0.1) is 11.8 Å². The summed E-state index contributed by atoms with van der Waals surface area (Å²) in [4.78, 5) is 23.5. The highest BCUT2D eigenvalue weighted by atomic mass is 16.5. The van der Waals surface area contributed by atoms with Crippen molar-refractivity contribution in [1.29, 1.82) is 0 Å². The lowest BCUT2D eigenvalue weighted by molar-refractivity contribution is -0.137. The smallest absolute Gasteiger partial charge is 0.343 e. The van der Waals surface area contributed by atoms with Crippen LogP contribution in [-0.2, 0) is 16.0 Å². The van der Waals surface area contributed by atoms with E-state index in [1.54, 1.807) is 36.4 Å². The molecule has 0 saturated carbocycles. The number of ether oxygens (including phenoxy) is 3. The van der Waals surface area contributed by atoms with Gasteiger partial charge in [-0.2, -0.15) is 0 Å². The van der Waals surface area contributed by atoms with Crippen molar-refractivity contribution < 1.29 is 23.8 Å². The average molecular weight is 511 g/mol. The first-order valence-corrected chi connectivity index (χ1v) is 13.0. The largest absolute Gasteiger partial charge is 0.494 e. The summed E-state index contributed by atoms with van der Waals surface area (Å²) < 4.78 is 16.2. The average Bonchev–Trinajstić information content (AvgIpc) is 2.95. The molecule has 0 amide bonds. The lowest BCUT2D eigenvalue weighted by Crippen LogP contribution is -2.08. The van der Waals surface area contributed by atoms with Crippen LogP contribution in [-0.4, -0.2) is 25.2 Å². The van der Waals surface area contributed by atoms with Crippen LogP contribution in [0.4, 0.5) is 0 Å². The number of aryl methyl sites for hydroxylation is 1. The SMILES string of the molecule is C=CC(=O)OCCCCCCOc1ccc(C(=O)Oc2ccc(C#Cc3ccc(CCC)cc3)cc2)cc1. The number of rotatable bonds is 13. The molecule has 0 atom stereocenters. The van der Waals surface area contributed by atoms with Crippen molar-refractivity contribution in [1.82, 2.24) is 0 Å². The second kappa shape index (κ2) is 15.7.